The molecule has 0 saturated carbocycles. The Hall–Kier alpha value is -1.51. The summed E-state index contributed by atoms with van der Waals surface area (Å²) in [5.74, 6) is -0.154. The van der Waals surface area contributed by atoms with Gasteiger partial charge in [-0.15, -0.1) is 0 Å². The van der Waals surface area contributed by atoms with Crippen molar-refractivity contribution in [3.8, 4) is 0 Å². The second-order valence-corrected chi connectivity index (χ2v) is 8.14. The van der Waals surface area contributed by atoms with E-state index in [9.17, 15) is 13.2 Å². The van der Waals surface area contributed by atoms with Gasteiger partial charge in [-0.25, -0.2) is 12.7 Å². The van der Waals surface area contributed by atoms with E-state index in [0.717, 1.165) is 5.69 Å². The molecule has 2 fully saturated rings. The molecular formula is C15H21N3O4S. The van der Waals surface area contributed by atoms with E-state index in [1.165, 1.54) is 10.6 Å². The summed E-state index contributed by atoms with van der Waals surface area (Å²) in [4.78, 5) is 17.0. The van der Waals surface area contributed by atoms with Crippen LogP contribution < -0.4 is 5.32 Å². The van der Waals surface area contributed by atoms with Crippen LogP contribution in [0.25, 0.3) is 0 Å². The SMILES string of the molecule is CS(=O)(=O)N1CC[C@H]2OCC[C@@]2(C(=O)NCc2ccccn2)C1. The van der Waals surface area contributed by atoms with Gasteiger partial charge in [-0.1, -0.05) is 6.07 Å². The van der Waals surface area contributed by atoms with Crippen molar-refractivity contribution in [1.29, 1.82) is 0 Å². The van der Waals surface area contributed by atoms with Crippen molar-refractivity contribution in [3.05, 3.63) is 30.1 Å². The Labute approximate surface area is 136 Å². The number of nitrogens with zero attached hydrogens (tertiary/aromatic N) is 2. The Morgan fingerprint density at radius 1 is 1.52 bits per heavy atom. The lowest BCUT2D eigenvalue weighted by atomic mass is 9.76. The van der Waals surface area contributed by atoms with Gasteiger partial charge >= 0.3 is 0 Å². The molecule has 2 atom stereocenters. The van der Waals surface area contributed by atoms with Gasteiger partial charge in [-0.3, -0.25) is 9.78 Å². The monoisotopic (exact) mass is 339 g/mol. The Morgan fingerprint density at radius 3 is 3.04 bits per heavy atom. The molecule has 3 heterocycles. The highest BCUT2D eigenvalue weighted by molar-refractivity contribution is 7.88. The normalized spacial score (nSPS) is 28.3. The number of fused-ring (bicyclic) bond motifs is 1. The number of carbonyl (C=O) groups is 1. The second-order valence-electron chi connectivity index (χ2n) is 6.15. The summed E-state index contributed by atoms with van der Waals surface area (Å²) in [6.45, 7) is 1.40. The quantitative estimate of drug-likeness (QED) is 0.843. The Kier molecular flexibility index (Phi) is 4.39. The molecule has 1 amide bonds. The van der Waals surface area contributed by atoms with Crippen LogP contribution in [0, 0.1) is 5.41 Å². The summed E-state index contributed by atoms with van der Waals surface area (Å²) >= 11 is 0. The minimum absolute atomic E-state index is 0.154. The largest absolute Gasteiger partial charge is 0.377 e. The fourth-order valence-corrected chi connectivity index (χ4v) is 4.27. The Bertz CT molecular complexity index is 679. The Morgan fingerprint density at radius 2 is 2.35 bits per heavy atom. The smallest absolute Gasteiger partial charge is 0.230 e. The number of piperidine rings is 1. The van der Waals surface area contributed by atoms with Crippen molar-refractivity contribution in [2.45, 2.75) is 25.5 Å². The van der Waals surface area contributed by atoms with Gasteiger partial charge in [0.2, 0.25) is 15.9 Å². The third kappa shape index (κ3) is 3.24. The number of nitrogens with one attached hydrogen (secondary N) is 1. The van der Waals surface area contributed by atoms with E-state index in [-0.39, 0.29) is 18.6 Å². The van der Waals surface area contributed by atoms with Gasteiger partial charge in [0.05, 0.1) is 30.0 Å². The first-order valence-electron chi connectivity index (χ1n) is 7.67. The highest BCUT2D eigenvalue weighted by atomic mass is 32.2. The van der Waals surface area contributed by atoms with Crippen molar-refractivity contribution in [3.63, 3.8) is 0 Å². The van der Waals surface area contributed by atoms with E-state index in [1.807, 2.05) is 18.2 Å². The van der Waals surface area contributed by atoms with Crippen LogP contribution in [0.4, 0.5) is 0 Å². The molecule has 0 bridgehead atoms. The number of rotatable bonds is 4. The lowest BCUT2D eigenvalue weighted by Crippen LogP contribution is -2.57. The molecule has 2 aliphatic rings. The second kappa shape index (κ2) is 6.18. The first kappa shape index (κ1) is 16.4. The maximum atomic E-state index is 12.8. The standard InChI is InChI=1S/C15H21N3O4S/c1-23(20,21)18-8-5-13-15(11-18,6-9-22-13)14(19)17-10-12-4-2-3-7-16-12/h2-4,7,13H,5-6,8-11H2,1H3,(H,17,19)/t13-,15-/m1/s1. The number of hydrogen-bond donors (Lipinski definition) is 1. The van der Waals surface area contributed by atoms with Crippen LogP contribution >= 0.6 is 0 Å². The fraction of sp³-hybridized carbons (Fsp3) is 0.600. The number of amides is 1. The van der Waals surface area contributed by atoms with Crippen LogP contribution in [-0.4, -0.2) is 55.7 Å². The number of carbonyl (C=O) groups excluding carboxylic acids is 1. The van der Waals surface area contributed by atoms with E-state index in [4.69, 9.17) is 4.74 Å². The minimum atomic E-state index is -3.32. The van der Waals surface area contributed by atoms with E-state index in [0.29, 0.717) is 32.5 Å². The number of ether oxygens (including phenoxy) is 1. The highest BCUT2D eigenvalue weighted by Gasteiger charge is 2.54. The summed E-state index contributed by atoms with van der Waals surface area (Å²) in [6, 6.07) is 5.51. The molecule has 8 heteroatoms. The van der Waals surface area contributed by atoms with Gasteiger partial charge in [0.25, 0.3) is 0 Å². The molecule has 1 N–H and O–H groups in total. The average Bonchev–Trinajstić information content (AvgIpc) is 2.97. The maximum Gasteiger partial charge on any atom is 0.230 e. The van der Waals surface area contributed by atoms with E-state index < -0.39 is 15.4 Å². The number of aromatic nitrogens is 1. The molecule has 126 valence electrons. The molecule has 0 aliphatic carbocycles. The zero-order chi connectivity index (χ0) is 16.5. The van der Waals surface area contributed by atoms with Crippen molar-refractivity contribution >= 4 is 15.9 Å². The molecule has 2 saturated heterocycles. The lowest BCUT2D eigenvalue weighted by Gasteiger charge is -2.41. The summed E-state index contributed by atoms with van der Waals surface area (Å²) in [5, 5.41) is 2.90. The lowest BCUT2D eigenvalue weighted by molar-refractivity contribution is -0.137. The van der Waals surface area contributed by atoms with Gasteiger partial charge in [0.1, 0.15) is 0 Å². The third-order valence-electron chi connectivity index (χ3n) is 4.66. The van der Waals surface area contributed by atoms with Crippen LogP contribution in [0.15, 0.2) is 24.4 Å². The van der Waals surface area contributed by atoms with Gasteiger partial charge in [0, 0.05) is 25.9 Å². The molecule has 2 aliphatic heterocycles. The predicted octanol–water partition coefficient (Wildman–Crippen LogP) is 0.138. The van der Waals surface area contributed by atoms with Crippen molar-refractivity contribution in [2.75, 3.05) is 26.0 Å². The zero-order valence-electron chi connectivity index (χ0n) is 13.1. The first-order chi connectivity index (χ1) is 10.9. The molecular weight excluding hydrogens is 318 g/mol. The summed E-state index contributed by atoms with van der Waals surface area (Å²) < 4.78 is 30.8. The molecule has 3 rings (SSSR count). The van der Waals surface area contributed by atoms with Gasteiger partial charge < -0.3 is 10.1 Å². The number of sulfonamides is 1. The Balaban J connectivity index is 1.75. The van der Waals surface area contributed by atoms with Crippen LogP contribution in [0.2, 0.25) is 0 Å². The van der Waals surface area contributed by atoms with Crippen molar-refractivity contribution in [2.24, 2.45) is 5.41 Å². The number of pyridine rings is 1. The molecule has 0 unspecified atom stereocenters. The van der Waals surface area contributed by atoms with Crippen molar-refractivity contribution in [1.82, 2.24) is 14.6 Å². The maximum absolute atomic E-state index is 12.8. The van der Waals surface area contributed by atoms with Gasteiger partial charge in [-0.2, -0.15) is 0 Å². The molecule has 0 radical (unpaired) electrons. The predicted molar refractivity (Wildman–Crippen MR) is 83.9 cm³/mol. The van der Waals surface area contributed by atoms with E-state index >= 15 is 0 Å². The van der Waals surface area contributed by atoms with Crippen LogP contribution in [0.3, 0.4) is 0 Å². The summed E-state index contributed by atoms with van der Waals surface area (Å²) in [7, 11) is -3.32. The molecule has 0 spiro atoms. The average molecular weight is 339 g/mol. The molecule has 7 nitrogen and oxygen atoms in total. The third-order valence-corrected chi connectivity index (χ3v) is 5.91. The zero-order valence-corrected chi connectivity index (χ0v) is 13.9. The fourth-order valence-electron chi connectivity index (χ4n) is 3.36. The van der Waals surface area contributed by atoms with Crippen molar-refractivity contribution < 1.29 is 17.9 Å². The first-order valence-corrected chi connectivity index (χ1v) is 9.52. The van der Waals surface area contributed by atoms with E-state index in [1.54, 1.807) is 6.20 Å². The van der Waals surface area contributed by atoms with E-state index in [2.05, 4.69) is 10.3 Å². The number of hydrogen-bond acceptors (Lipinski definition) is 5. The molecule has 1 aromatic rings. The van der Waals surface area contributed by atoms with Crippen LogP contribution in [0.1, 0.15) is 18.5 Å². The molecule has 1 aromatic heterocycles. The minimum Gasteiger partial charge on any atom is -0.377 e. The molecule has 0 aromatic carbocycles. The summed E-state index contributed by atoms with van der Waals surface area (Å²) in [5.41, 5.74) is -0.0284. The van der Waals surface area contributed by atoms with Crippen LogP contribution in [-0.2, 0) is 26.1 Å². The van der Waals surface area contributed by atoms with Gasteiger partial charge in [0.15, 0.2) is 0 Å². The molecule has 23 heavy (non-hydrogen) atoms. The summed E-state index contributed by atoms with van der Waals surface area (Å²) in [6.07, 6.45) is 3.72. The van der Waals surface area contributed by atoms with Gasteiger partial charge in [-0.05, 0) is 25.0 Å². The topological polar surface area (TPSA) is 88.6 Å². The highest BCUT2D eigenvalue weighted by Crippen LogP contribution is 2.41. The van der Waals surface area contributed by atoms with Crippen LogP contribution in [0.5, 0.6) is 0 Å².